The molecule has 0 saturated heterocycles. The number of halogens is 3. The van der Waals surface area contributed by atoms with Gasteiger partial charge in [0, 0.05) is 18.3 Å². The number of esters is 1. The Morgan fingerprint density at radius 2 is 1.71 bits per heavy atom. The Morgan fingerprint density at radius 3 is 2.32 bits per heavy atom. The molecule has 3 N–H and O–H groups in total. The van der Waals surface area contributed by atoms with Crippen molar-refractivity contribution in [3.63, 3.8) is 0 Å². The quantitative estimate of drug-likeness (QED) is 0.576. The number of ether oxygens (including phenoxy) is 1. The van der Waals surface area contributed by atoms with Gasteiger partial charge in [-0.1, -0.05) is 18.2 Å². The van der Waals surface area contributed by atoms with Gasteiger partial charge in [-0.2, -0.15) is 13.2 Å². The molecule has 2 aromatic rings. The number of carbonyl (C=O) groups excluding carboxylic acids is 3. The molecule has 0 aliphatic heterocycles. The SMILES string of the molecule is CC(C)NC(=O)NCc1ccc(C(=O)OCC(=O)Nc2cccc(C(F)(F)F)c2)cc1. The first-order chi connectivity index (χ1) is 14.5. The van der Waals surface area contributed by atoms with Gasteiger partial charge in [-0.15, -0.1) is 0 Å². The second kappa shape index (κ2) is 10.5. The van der Waals surface area contributed by atoms with Gasteiger partial charge in [0.2, 0.25) is 0 Å². The zero-order chi connectivity index (χ0) is 23.0. The summed E-state index contributed by atoms with van der Waals surface area (Å²) < 4.78 is 43.0. The Bertz CT molecular complexity index is 928. The van der Waals surface area contributed by atoms with Crippen molar-refractivity contribution < 1.29 is 32.3 Å². The first-order valence-electron chi connectivity index (χ1n) is 9.32. The molecule has 0 atom stereocenters. The van der Waals surface area contributed by atoms with Crippen LogP contribution in [0, 0.1) is 0 Å². The van der Waals surface area contributed by atoms with E-state index in [1.54, 1.807) is 12.1 Å². The van der Waals surface area contributed by atoms with Crippen molar-refractivity contribution in [3.8, 4) is 0 Å². The number of carbonyl (C=O) groups is 3. The molecule has 0 spiro atoms. The van der Waals surface area contributed by atoms with E-state index >= 15 is 0 Å². The monoisotopic (exact) mass is 437 g/mol. The maximum absolute atomic E-state index is 12.7. The number of alkyl halides is 3. The largest absolute Gasteiger partial charge is 0.452 e. The van der Waals surface area contributed by atoms with E-state index < -0.39 is 30.2 Å². The average Bonchev–Trinajstić information content (AvgIpc) is 2.70. The van der Waals surface area contributed by atoms with Gasteiger partial charge >= 0.3 is 18.2 Å². The highest BCUT2D eigenvalue weighted by Crippen LogP contribution is 2.30. The molecular formula is C21H22F3N3O4. The number of benzene rings is 2. The predicted octanol–water partition coefficient (Wildman–Crippen LogP) is 3.71. The molecule has 166 valence electrons. The lowest BCUT2D eigenvalue weighted by Crippen LogP contribution is -2.39. The van der Waals surface area contributed by atoms with Crippen molar-refractivity contribution in [2.75, 3.05) is 11.9 Å². The van der Waals surface area contributed by atoms with Gasteiger partial charge in [-0.05, 0) is 49.7 Å². The second-order valence-corrected chi connectivity index (χ2v) is 6.88. The van der Waals surface area contributed by atoms with Gasteiger partial charge in [0.1, 0.15) is 0 Å². The Hall–Kier alpha value is -3.56. The predicted molar refractivity (Wildman–Crippen MR) is 107 cm³/mol. The van der Waals surface area contributed by atoms with Gasteiger partial charge in [-0.3, -0.25) is 4.79 Å². The third-order valence-corrected chi connectivity index (χ3v) is 3.87. The van der Waals surface area contributed by atoms with Gasteiger partial charge in [-0.25, -0.2) is 9.59 Å². The molecule has 0 unspecified atom stereocenters. The normalized spacial score (nSPS) is 11.0. The summed E-state index contributed by atoms with van der Waals surface area (Å²) >= 11 is 0. The molecule has 0 aliphatic carbocycles. The summed E-state index contributed by atoms with van der Waals surface area (Å²) in [4.78, 5) is 35.5. The number of amides is 3. The molecule has 3 amide bonds. The number of urea groups is 1. The molecule has 0 heterocycles. The fourth-order valence-corrected chi connectivity index (χ4v) is 2.44. The Labute approximate surface area is 177 Å². The maximum atomic E-state index is 12.7. The summed E-state index contributed by atoms with van der Waals surface area (Å²) in [5, 5.41) is 7.59. The Morgan fingerprint density at radius 1 is 1.03 bits per heavy atom. The first kappa shape index (κ1) is 23.7. The van der Waals surface area contributed by atoms with E-state index in [0.29, 0.717) is 0 Å². The molecule has 0 aromatic heterocycles. The van der Waals surface area contributed by atoms with Crippen LogP contribution in [0.25, 0.3) is 0 Å². The van der Waals surface area contributed by atoms with Gasteiger partial charge in [0.15, 0.2) is 6.61 Å². The molecule has 10 heteroatoms. The number of anilines is 1. The number of rotatable bonds is 7. The Kier molecular flexibility index (Phi) is 8.00. The molecule has 0 saturated carbocycles. The average molecular weight is 437 g/mol. The molecule has 0 fully saturated rings. The summed E-state index contributed by atoms with van der Waals surface area (Å²) in [6.45, 7) is 3.26. The highest BCUT2D eigenvalue weighted by Gasteiger charge is 2.30. The number of hydrogen-bond donors (Lipinski definition) is 3. The lowest BCUT2D eigenvalue weighted by molar-refractivity contribution is -0.137. The molecule has 0 radical (unpaired) electrons. The van der Waals surface area contributed by atoms with Crippen LogP contribution in [0.4, 0.5) is 23.7 Å². The van der Waals surface area contributed by atoms with Crippen LogP contribution in [0.1, 0.15) is 35.3 Å². The van der Waals surface area contributed by atoms with Crippen molar-refractivity contribution in [2.45, 2.75) is 32.6 Å². The van der Waals surface area contributed by atoms with Crippen LogP contribution in [0.5, 0.6) is 0 Å². The van der Waals surface area contributed by atoms with Gasteiger partial charge < -0.3 is 20.7 Å². The molecular weight excluding hydrogens is 415 g/mol. The summed E-state index contributed by atoms with van der Waals surface area (Å²) in [6.07, 6.45) is -4.53. The highest BCUT2D eigenvalue weighted by atomic mass is 19.4. The second-order valence-electron chi connectivity index (χ2n) is 6.88. The molecule has 0 bridgehead atoms. The smallest absolute Gasteiger partial charge is 0.416 e. The van der Waals surface area contributed by atoms with Crippen LogP contribution >= 0.6 is 0 Å². The molecule has 31 heavy (non-hydrogen) atoms. The molecule has 0 aliphatic rings. The first-order valence-corrected chi connectivity index (χ1v) is 9.32. The van der Waals surface area contributed by atoms with Crippen LogP contribution < -0.4 is 16.0 Å². The van der Waals surface area contributed by atoms with E-state index in [0.717, 1.165) is 23.8 Å². The topological polar surface area (TPSA) is 96.5 Å². The van der Waals surface area contributed by atoms with Crippen molar-refractivity contribution in [2.24, 2.45) is 0 Å². The number of hydrogen-bond acceptors (Lipinski definition) is 4. The zero-order valence-corrected chi connectivity index (χ0v) is 16.9. The molecule has 2 aromatic carbocycles. The van der Waals surface area contributed by atoms with E-state index in [4.69, 9.17) is 4.74 Å². The third-order valence-electron chi connectivity index (χ3n) is 3.87. The lowest BCUT2D eigenvalue weighted by Gasteiger charge is -2.11. The van der Waals surface area contributed by atoms with Crippen LogP contribution in [0.2, 0.25) is 0 Å². The van der Waals surface area contributed by atoms with E-state index in [9.17, 15) is 27.6 Å². The minimum atomic E-state index is -4.53. The van der Waals surface area contributed by atoms with E-state index in [-0.39, 0.29) is 29.9 Å². The minimum Gasteiger partial charge on any atom is -0.452 e. The lowest BCUT2D eigenvalue weighted by atomic mass is 10.1. The molecule has 2 rings (SSSR count). The van der Waals surface area contributed by atoms with E-state index in [1.807, 2.05) is 13.8 Å². The van der Waals surface area contributed by atoms with Crippen LogP contribution in [0.15, 0.2) is 48.5 Å². The summed E-state index contributed by atoms with van der Waals surface area (Å²) in [6, 6.07) is 10.0. The highest BCUT2D eigenvalue weighted by molar-refractivity contribution is 5.95. The van der Waals surface area contributed by atoms with Gasteiger partial charge in [0.25, 0.3) is 5.91 Å². The number of nitrogens with one attached hydrogen (secondary N) is 3. The zero-order valence-electron chi connectivity index (χ0n) is 16.9. The van der Waals surface area contributed by atoms with Crippen molar-refractivity contribution in [1.82, 2.24) is 10.6 Å². The van der Waals surface area contributed by atoms with Crippen molar-refractivity contribution in [3.05, 3.63) is 65.2 Å². The summed E-state index contributed by atoms with van der Waals surface area (Å²) in [5.74, 6) is -1.54. The van der Waals surface area contributed by atoms with E-state index in [1.165, 1.54) is 18.2 Å². The fraction of sp³-hybridized carbons (Fsp3) is 0.286. The van der Waals surface area contributed by atoms with Crippen molar-refractivity contribution in [1.29, 1.82) is 0 Å². The maximum Gasteiger partial charge on any atom is 0.416 e. The third kappa shape index (κ3) is 8.00. The van der Waals surface area contributed by atoms with Crippen LogP contribution in [-0.4, -0.2) is 30.6 Å². The van der Waals surface area contributed by atoms with E-state index in [2.05, 4.69) is 16.0 Å². The standard InChI is InChI=1S/C21H22F3N3O4/c1-13(2)26-20(30)25-11-14-6-8-15(9-7-14)19(29)31-12-18(28)27-17-5-3-4-16(10-17)21(22,23)24/h3-10,13H,11-12H2,1-2H3,(H,27,28)(H2,25,26,30). The summed E-state index contributed by atoms with van der Waals surface area (Å²) in [5.41, 5.74) is -0.0345. The molecule has 7 nitrogen and oxygen atoms in total. The minimum absolute atomic E-state index is 0.00271. The summed E-state index contributed by atoms with van der Waals surface area (Å²) in [7, 11) is 0. The van der Waals surface area contributed by atoms with Gasteiger partial charge in [0.05, 0.1) is 11.1 Å². The Balaban J connectivity index is 1.83. The van der Waals surface area contributed by atoms with Crippen LogP contribution in [-0.2, 0) is 22.3 Å². The van der Waals surface area contributed by atoms with Crippen molar-refractivity contribution >= 4 is 23.6 Å². The fourth-order valence-electron chi connectivity index (χ4n) is 2.44. The van der Waals surface area contributed by atoms with Crippen LogP contribution in [0.3, 0.4) is 0 Å².